The number of aryl methyl sites for hydroxylation is 1. The Kier molecular flexibility index (Phi) is 7.15. The van der Waals surface area contributed by atoms with Crippen molar-refractivity contribution < 1.29 is 9.90 Å². The number of nitrogens with zero attached hydrogens (tertiary/aromatic N) is 2. The maximum atomic E-state index is 11.2. The Labute approximate surface area is 127 Å². The quantitative estimate of drug-likeness (QED) is 0.732. The molecule has 21 heavy (non-hydrogen) atoms. The van der Waals surface area contributed by atoms with Crippen molar-refractivity contribution in [2.24, 2.45) is 0 Å². The molecule has 0 aliphatic rings. The fourth-order valence-corrected chi connectivity index (χ4v) is 2.31. The molecule has 0 aliphatic carbocycles. The van der Waals surface area contributed by atoms with Gasteiger partial charge in [-0.05, 0) is 58.5 Å². The molecule has 1 atom stereocenters. The fourth-order valence-electron chi connectivity index (χ4n) is 2.31. The second-order valence-corrected chi connectivity index (χ2v) is 5.37. The van der Waals surface area contributed by atoms with Crippen LogP contribution in [0.2, 0.25) is 0 Å². The molecule has 5 nitrogen and oxygen atoms in total. The van der Waals surface area contributed by atoms with Gasteiger partial charge in [0, 0.05) is 11.7 Å². The van der Waals surface area contributed by atoms with Crippen LogP contribution in [-0.2, 0) is 0 Å². The number of pyridine rings is 1. The van der Waals surface area contributed by atoms with Crippen molar-refractivity contribution in [3.8, 4) is 0 Å². The SMILES string of the molecule is CCN(CC)CCCC(C)Nc1nc(C)ccc1C(=O)O. The van der Waals surface area contributed by atoms with E-state index in [-0.39, 0.29) is 11.6 Å². The molecule has 0 aliphatic heterocycles. The first kappa shape index (κ1) is 17.4. The Balaban J connectivity index is 2.56. The lowest BCUT2D eigenvalue weighted by atomic mass is 10.1. The summed E-state index contributed by atoms with van der Waals surface area (Å²) < 4.78 is 0. The average molecular weight is 293 g/mol. The van der Waals surface area contributed by atoms with Crippen molar-refractivity contribution in [2.75, 3.05) is 25.0 Å². The van der Waals surface area contributed by atoms with E-state index in [0.717, 1.165) is 38.2 Å². The molecule has 1 heterocycles. The normalized spacial score (nSPS) is 12.4. The second-order valence-electron chi connectivity index (χ2n) is 5.37. The van der Waals surface area contributed by atoms with Crippen molar-refractivity contribution in [3.05, 3.63) is 23.4 Å². The molecule has 1 aromatic heterocycles. The minimum absolute atomic E-state index is 0.202. The van der Waals surface area contributed by atoms with Gasteiger partial charge in [0.1, 0.15) is 11.4 Å². The minimum atomic E-state index is -0.944. The summed E-state index contributed by atoms with van der Waals surface area (Å²) in [5, 5.41) is 12.4. The van der Waals surface area contributed by atoms with Crippen LogP contribution >= 0.6 is 0 Å². The molecule has 0 fully saturated rings. The maximum absolute atomic E-state index is 11.2. The summed E-state index contributed by atoms with van der Waals surface area (Å²) in [6.45, 7) is 11.5. The number of hydrogen-bond acceptors (Lipinski definition) is 4. The molecule has 5 heteroatoms. The summed E-state index contributed by atoms with van der Waals surface area (Å²) >= 11 is 0. The third-order valence-electron chi connectivity index (χ3n) is 3.65. The zero-order valence-electron chi connectivity index (χ0n) is 13.5. The van der Waals surface area contributed by atoms with Gasteiger partial charge in [-0.1, -0.05) is 13.8 Å². The highest BCUT2D eigenvalue weighted by molar-refractivity contribution is 5.93. The molecule has 1 unspecified atom stereocenters. The molecule has 118 valence electrons. The van der Waals surface area contributed by atoms with Gasteiger partial charge in [0.25, 0.3) is 0 Å². The Morgan fingerprint density at radius 1 is 1.38 bits per heavy atom. The first-order valence-corrected chi connectivity index (χ1v) is 7.67. The summed E-state index contributed by atoms with van der Waals surface area (Å²) in [7, 11) is 0. The third kappa shape index (κ3) is 5.71. The highest BCUT2D eigenvalue weighted by Gasteiger charge is 2.13. The number of aromatic nitrogens is 1. The van der Waals surface area contributed by atoms with Crippen molar-refractivity contribution in [2.45, 2.75) is 46.6 Å². The van der Waals surface area contributed by atoms with Gasteiger partial charge in [-0.25, -0.2) is 9.78 Å². The van der Waals surface area contributed by atoms with Crippen LogP contribution in [0.25, 0.3) is 0 Å². The molecule has 0 spiro atoms. The average Bonchev–Trinajstić information content (AvgIpc) is 2.43. The Bertz CT molecular complexity index is 459. The molecule has 0 aromatic carbocycles. The Morgan fingerprint density at radius 2 is 2.05 bits per heavy atom. The van der Waals surface area contributed by atoms with E-state index < -0.39 is 5.97 Å². The zero-order valence-corrected chi connectivity index (χ0v) is 13.5. The van der Waals surface area contributed by atoms with E-state index in [9.17, 15) is 9.90 Å². The van der Waals surface area contributed by atoms with E-state index in [4.69, 9.17) is 0 Å². The van der Waals surface area contributed by atoms with Crippen LogP contribution < -0.4 is 5.32 Å². The standard InChI is InChI=1S/C16H27N3O2/c1-5-19(6-2)11-7-8-12(3)17-15-14(16(20)21)10-9-13(4)18-15/h9-10,12H,5-8,11H2,1-4H3,(H,17,18)(H,20,21). The second kappa shape index (κ2) is 8.62. The molecule has 0 radical (unpaired) electrons. The summed E-state index contributed by atoms with van der Waals surface area (Å²) in [4.78, 5) is 17.9. The molecule has 0 amide bonds. The zero-order chi connectivity index (χ0) is 15.8. The molecule has 0 saturated carbocycles. The molecule has 0 saturated heterocycles. The van der Waals surface area contributed by atoms with E-state index >= 15 is 0 Å². The first-order chi connectivity index (χ1) is 9.97. The van der Waals surface area contributed by atoms with Crippen molar-refractivity contribution in [1.29, 1.82) is 0 Å². The highest BCUT2D eigenvalue weighted by Crippen LogP contribution is 2.16. The lowest BCUT2D eigenvalue weighted by Crippen LogP contribution is -2.26. The summed E-state index contributed by atoms with van der Waals surface area (Å²) in [6.07, 6.45) is 2.08. The van der Waals surface area contributed by atoms with Crippen LogP contribution in [0, 0.1) is 6.92 Å². The number of nitrogens with one attached hydrogen (secondary N) is 1. The van der Waals surface area contributed by atoms with E-state index in [1.54, 1.807) is 12.1 Å². The molecular weight excluding hydrogens is 266 g/mol. The number of hydrogen-bond donors (Lipinski definition) is 2. The van der Waals surface area contributed by atoms with Crippen molar-refractivity contribution >= 4 is 11.8 Å². The molecule has 1 rings (SSSR count). The van der Waals surface area contributed by atoms with Crippen LogP contribution in [0.15, 0.2) is 12.1 Å². The van der Waals surface area contributed by atoms with Crippen LogP contribution in [0.1, 0.15) is 49.7 Å². The molecule has 1 aromatic rings. The summed E-state index contributed by atoms with van der Waals surface area (Å²) in [5.74, 6) is -0.474. The minimum Gasteiger partial charge on any atom is -0.478 e. The smallest absolute Gasteiger partial charge is 0.339 e. The monoisotopic (exact) mass is 293 g/mol. The first-order valence-electron chi connectivity index (χ1n) is 7.67. The number of anilines is 1. The molecule has 2 N–H and O–H groups in total. The van der Waals surface area contributed by atoms with Gasteiger partial charge in [0.15, 0.2) is 0 Å². The number of carboxylic acids is 1. The van der Waals surface area contributed by atoms with E-state index in [0.29, 0.717) is 5.82 Å². The van der Waals surface area contributed by atoms with Crippen molar-refractivity contribution in [1.82, 2.24) is 9.88 Å². The van der Waals surface area contributed by atoms with Gasteiger partial charge in [-0.3, -0.25) is 0 Å². The lowest BCUT2D eigenvalue weighted by Gasteiger charge is -2.20. The van der Waals surface area contributed by atoms with Gasteiger partial charge >= 0.3 is 5.97 Å². The van der Waals surface area contributed by atoms with E-state index in [2.05, 4.69) is 36.0 Å². The number of carbonyl (C=O) groups is 1. The fraction of sp³-hybridized carbons (Fsp3) is 0.625. The van der Waals surface area contributed by atoms with Gasteiger partial charge in [-0.15, -0.1) is 0 Å². The number of aromatic carboxylic acids is 1. The van der Waals surface area contributed by atoms with E-state index in [1.165, 1.54) is 0 Å². The predicted octanol–water partition coefficient (Wildman–Crippen LogP) is 3.01. The third-order valence-corrected chi connectivity index (χ3v) is 3.65. The van der Waals surface area contributed by atoms with Gasteiger partial charge in [0.2, 0.25) is 0 Å². The van der Waals surface area contributed by atoms with Crippen LogP contribution in [0.4, 0.5) is 5.82 Å². The summed E-state index contributed by atoms with van der Waals surface area (Å²) in [6, 6.07) is 3.53. The summed E-state index contributed by atoms with van der Waals surface area (Å²) in [5.41, 5.74) is 1.05. The Hall–Kier alpha value is -1.62. The topological polar surface area (TPSA) is 65.5 Å². The van der Waals surface area contributed by atoms with Crippen LogP contribution in [0.5, 0.6) is 0 Å². The van der Waals surface area contributed by atoms with Crippen molar-refractivity contribution in [3.63, 3.8) is 0 Å². The molecule has 0 bridgehead atoms. The van der Waals surface area contributed by atoms with Crippen LogP contribution in [0.3, 0.4) is 0 Å². The van der Waals surface area contributed by atoms with Crippen LogP contribution in [-0.4, -0.2) is 46.6 Å². The number of carboxylic acid groups (broad SMARTS) is 1. The lowest BCUT2D eigenvalue weighted by molar-refractivity contribution is 0.0697. The Morgan fingerprint density at radius 3 is 2.62 bits per heavy atom. The largest absolute Gasteiger partial charge is 0.478 e. The predicted molar refractivity (Wildman–Crippen MR) is 86.0 cm³/mol. The molecular formula is C16H27N3O2. The van der Waals surface area contributed by atoms with Gasteiger partial charge < -0.3 is 15.3 Å². The van der Waals surface area contributed by atoms with E-state index in [1.807, 2.05) is 6.92 Å². The van der Waals surface area contributed by atoms with Gasteiger partial charge in [-0.2, -0.15) is 0 Å². The highest BCUT2D eigenvalue weighted by atomic mass is 16.4. The maximum Gasteiger partial charge on any atom is 0.339 e. The van der Waals surface area contributed by atoms with Gasteiger partial charge in [0.05, 0.1) is 0 Å². The number of rotatable bonds is 9.